The SMILES string of the molecule is COc1ccc(OC)c(CN2CCN(CC(=O)Nc3ccccc3C(=O)Nc3ccccc3)CC2)c1. The van der Waals surface area contributed by atoms with Crippen molar-refractivity contribution in [3.05, 3.63) is 83.9 Å². The highest BCUT2D eigenvalue weighted by molar-refractivity contribution is 6.10. The van der Waals surface area contributed by atoms with Gasteiger partial charge in [-0.3, -0.25) is 19.4 Å². The van der Waals surface area contributed by atoms with Gasteiger partial charge in [0.2, 0.25) is 5.91 Å². The van der Waals surface area contributed by atoms with Gasteiger partial charge in [-0.25, -0.2) is 0 Å². The molecule has 1 saturated heterocycles. The van der Waals surface area contributed by atoms with E-state index >= 15 is 0 Å². The molecule has 0 bridgehead atoms. The Morgan fingerprint density at radius 1 is 0.806 bits per heavy atom. The van der Waals surface area contributed by atoms with Crippen LogP contribution < -0.4 is 20.1 Å². The number of carbonyl (C=O) groups is 2. The number of benzene rings is 3. The number of rotatable bonds is 9. The van der Waals surface area contributed by atoms with Crippen molar-refractivity contribution in [1.82, 2.24) is 9.80 Å². The first-order valence-corrected chi connectivity index (χ1v) is 12.0. The maximum Gasteiger partial charge on any atom is 0.257 e. The molecule has 3 aromatic carbocycles. The number of piperazine rings is 1. The van der Waals surface area contributed by atoms with Crippen molar-refractivity contribution in [2.24, 2.45) is 0 Å². The number of nitrogens with zero attached hydrogens (tertiary/aromatic N) is 2. The fourth-order valence-electron chi connectivity index (χ4n) is 4.25. The number of carbonyl (C=O) groups excluding carboxylic acids is 2. The van der Waals surface area contributed by atoms with Gasteiger partial charge in [-0.1, -0.05) is 30.3 Å². The first kappa shape index (κ1) is 25.2. The number of para-hydroxylation sites is 2. The highest BCUT2D eigenvalue weighted by Gasteiger charge is 2.21. The average molecular weight is 489 g/mol. The fraction of sp³-hybridized carbons (Fsp3) is 0.286. The highest BCUT2D eigenvalue weighted by atomic mass is 16.5. The molecule has 1 aliphatic heterocycles. The molecule has 0 unspecified atom stereocenters. The number of hydrogen-bond donors (Lipinski definition) is 2. The molecule has 0 aromatic heterocycles. The number of ether oxygens (including phenoxy) is 2. The van der Waals surface area contributed by atoms with E-state index in [2.05, 4.69) is 20.4 Å². The molecule has 0 spiro atoms. The Kier molecular flexibility index (Phi) is 8.54. The summed E-state index contributed by atoms with van der Waals surface area (Å²) in [5.41, 5.74) is 2.70. The zero-order valence-electron chi connectivity index (χ0n) is 20.7. The summed E-state index contributed by atoms with van der Waals surface area (Å²) < 4.78 is 10.9. The maximum atomic E-state index is 12.8. The molecule has 2 N–H and O–H groups in total. The van der Waals surface area contributed by atoms with Crippen LogP contribution >= 0.6 is 0 Å². The zero-order chi connectivity index (χ0) is 25.3. The van der Waals surface area contributed by atoms with Crippen LogP contribution in [0.25, 0.3) is 0 Å². The lowest BCUT2D eigenvalue weighted by Gasteiger charge is -2.34. The minimum absolute atomic E-state index is 0.141. The normalized spacial score (nSPS) is 14.2. The molecular weight excluding hydrogens is 456 g/mol. The maximum absolute atomic E-state index is 12.8. The number of hydrogen-bond acceptors (Lipinski definition) is 6. The van der Waals surface area contributed by atoms with Crippen molar-refractivity contribution in [3.8, 4) is 11.5 Å². The Labute approximate surface area is 211 Å². The molecule has 1 heterocycles. The Balaban J connectivity index is 1.29. The molecule has 0 atom stereocenters. The van der Waals surface area contributed by atoms with Crippen LogP contribution in [0.2, 0.25) is 0 Å². The second-order valence-electron chi connectivity index (χ2n) is 8.64. The standard InChI is InChI=1S/C28H32N4O4/c1-35-23-12-13-26(36-2)21(18-23)19-31-14-16-32(17-15-31)20-27(33)30-25-11-7-6-10-24(25)28(34)29-22-8-4-3-5-9-22/h3-13,18H,14-17,19-20H2,1-2H3,(H,29,34)(H,30,33). The Morgan fingerprint density at radius 3 is 2.22 bits per heavy atom. The van der Waals surface area contributed by atoms with Crippen molar-refractivity contribution in [1.29, 1.82) is 0 Å². The van der Waals surface area contributed by atoms with Crippen molar-refractivity contribution in [2.75, 3.05) is 57.6 Å². The van der Waals surface area contributed by atoms with Gasteiger partial charge in [-0.05, 0) is 42.5 Å². The second-order valence-corrected chi connectivity index (χ2v) is 8.64. The predicted molar refractivity (Wildman–Crippen MR) is 141 cm³/mol. The molecule has 36 heavy (non-hydrogen) atoms. The molecule has 0 aliphatic carbocycles. The van der Waals surface area contributed by atoms with Gasteiger partial charge in [0.25, 0.3) is 5.91 Å². The number of anilines is 2. The molecule has 2 amide bonds. The van der Waals surface area contributed by atoms with Crippen LogP contribution in [-0.2, 0) is 11.3 Å². The third-order valence-electron chi connectivity index (χ3n) is 6.19. The van der Waals surface area contributed by atoms with E-state index < -0.39 is 0 Å². The van der Waals surface area contributed by atoms with E-state index in [0.717, 1.165) is 49.8 Å². The summed E-state index contributed by atoms with van der Waals surface area (Å²) in [6.07, 6.45) is 0. The molecule has 188 valence electrons. The second kappa shape index (κ2) is 12.2. The third kappa shape index (κ3) is 6.62. The van der Waals surface area contributed by atoms with Crippen molar-refractivity contribution in [2.45, 2.75) is 6.54 Å². The van der Waals surface area contributed by atoms with Crippen LogP contribution in [0.4, 0.5) is 11.4 Å². The van der Waals surface area contributed by atoms with Crippen LogP contribution in [0, 0.1) is 0 Å². The Bertz CT molecular complexity index is 1180. The lowest BCUT2D eigenvalue weighted by molar-refractivity contribution is -0.117. The average Bonchev–Trinajstić information content (AvgIpc) is 2.90. The van der Waals surface area contributed by atoms with Gasteiger partial charge in [-0.2, -0.15) is 0 Å². The van der Waals surface area contributed by atoms with Crippen LogP contribution in [0.1, 0.15) is 15.9 Å². The summed E-state index contributed by atoms with van der Waals surface area (Å²) in [5, 5.41) is 5.79. The summed E-state index contributed by atoms with van der Waals surface area (Å²) in [5.74, 6) is 1.24. The first-order chi connectivity index (χ1) is 17.6. The molecule has 0 saturated carbocycles. The number of methoxy groups -OCH3 is 2. The first-order valence-electron chi connectivity index (χ1n) is 12.0. The van der Waals surface area contributed by atoms with Crippen LogP contribution in [-0.4, -0.2) is 68.6 Å². The predicted octanol–water partition coefficient (Wildman–Crippen LogP) is 3.71. The lowest BCUT2D eigenvalue weighted by Crippen LogP contribution is -2.48. The molecular formula is C28H32N4O4. The van der Waals surface area contributed by atoms with Crippen LogP contribution in [0.3, 0.4) is 0 Å². The van der Waals surface area contributed by atoms with Gasteiger partial charge in [0.15, 0.2) is 0 Å². The quantitative estimate of drug-likeness (QED) is 0.478. The Morgan fingerprint density at radius 2 is 1.50 bits per heavy atom. The number of amides is 2. The summed E-state index contributed by atoms with van der Waals surface area (Å²) in [7, 11) is 3.33. The van der Waals surface area contributed by atoms with Gasteiger partial charge >= 0.3 is 0 Å². The molecule has 0 radical (unpaired) electrons. The topological polar surface area (TPSA) is 83.1 Å². The minimum Gasteiger partial charge on any atom is -0.497 e. The molecule has 3 aromatic rings. The van der Waals surface area contributed by atoms with Gasteiger partial charge < -0.3 is 20.1 Å². The molecule has 1 aliphatic rings. The summed E-state index contributed by atoms with van der Waals surface area (Å²) in [6.45, 7) is 4.24. The molecule has 8 nitrogen and oxygen atoms in total. The van der Waals surface area contributed by atoms with Crippen LogP contribution in [0.5, 0.6) is 11.5 Å². The minimum atomic E-state index is -0.265. The Hall–Kier alpha value is -3.88. The molecule has 1 fully saturated rings. The monoisotopic (exact) mass is 488 g/mol. The largest absolute Gasteiger partial charge is 0.497 e. The van der Waals surface area contributed by atoms with Crippen molar-refractivity contribution in [3.63, 3.8) is 0 Å². The lowest BCUT2D eigenvalue weighted by atomic mass is 10.1. The van der Waals surface area contributed by atoms with E-state index in [1.807, 2.05) is 48.5 Å². The van der Waals surface area contributed by atoms with Gasteiger partial charge in [0.1, 0.15) is 11.5 Å². The highest BCUT2D eigenvalue weighted by Crippen LogP contribution is 2.25. The van der Waals surface area contributed by atoms with E-state index in [9.17, 15) is 9.59 Å². The summed E-state index contributed by atoms with van der Waals surface area (Å²) >= 11 is 0. The summed E-state index contributed by atoms with van der Waals surface area (Å²) in [6, 6.07) is 22.1. The van der Waals surface area contributed by atoms with Gasteiger partial charge in [-0.15, -0.1) is 0 Å². The van der Waals surface area contributed by atoms with E-state index in [4.69, 9.17) is 9.47 Å². The number of nitrogens with one attached hydrogen (secondary N) is 2. The van der Waals surface area contributed by atoms with Crippen LogP contribution in [0.15, 0.2) is 72.8 Å². The van der Waals surface area contributed by atoms with Gasteiger partial charge in [0, 0.05) is 44.0 Å². The molecule has 8 heteroatoms. The van der Waals surface area contributed by atoms with Gasteiger partial charge in [0.05, 0.1) is 32.0 Å². The zero-order valence-corrected chi connectivity index (χ0v) is 20.7. The van der Waals surface area contributed by atoms with Crippen molar-refractivity contribution < 1.29 is 19.1 Å². The van der Waals surface area contributed by atoms with E-state index in [1.54, 1.807) is 38.5 Å². The third-order valence-corrected chi connectivity index (χ3v) is 6.19. The van der Waals surface area contributed by atoms with Crippen molar-refractivity contribution >= 4 is 23.2 Å². The fourth-order valence-corrected chi connectivity index (χ4v) is 4.25. The van der Waals surface area contributed by atoms with E-state index in [-0.39, 0.29) is 18.4 Å². The van der Waals surface area contributed by atoms with E-state index in [1.165, 1.54) is 0 Å². The smallest absolute Gasteiger partial charge is 0.257 e. The van der Waals surface area contributed by atoms with E-state index in [0.29, 0.717) is 16.9 Å². The summed E-state index contributed by atoms with van der Waals surface area (Å²) in [4.78, 5) is 30.1. The molecule has 4 rings (SSSR count).